The predicted octanol–water partition coefficient (Wildman–Crippen LogP) is 2.52. The number of carbonyl (C=O) groups is 2. The normalized spacial score (nSPS) is 12.1. The number of nitrogens with one attached hydrogen (secondary N) is 2. The van der Waals surface area contributed by atoms with Crippen LogP contribution in [0.5, 0.6) is 0 Å². The second-order valence-corrected chi connectivity index (χ2v) is 8.36. The first-order valence-electron chi connectivity index (χ1n) is 9.20. The van der Waals surface area contributed by atoms with Gasteiger partial charge in [-0.25, -0.2) is 27.9 Å². The highest BCUT2D eigenvalue weighted by Crippen LogP contribution is 2.23. The zero-order chi connectivity index (χ0) is 22.6. The summed E-state index contributed by atoms with van der Waals surface area (Å²) in [4.78, 5) is 32.6. The number of ketones is 1. The molecular weight excluding hydrogens is 420 g/mol. The van der Waals surface area contributed by atoms with Crippen LogP contribution in [0.4, 0.5) is 10.7 Å². The highest BCUT2D eigenvalue weighted by molar-refractivity contribution is 7.90. The minimum atomic E-state index is -4.44. The van der Waals surface area contributed by atoms with Gasteiger partial charge in [-0.15, -0.1) is 0 Å². The molecule has 1 aromatic heterocycles. The van der Waals surface area contributed by atoms with E-state index in [9.17, 15) is 23.1 Å². The van der Waals surface area contributed by atoms with Crippen molar-refractivity contribution in [1.29, 1.82) is 0 Å². The van der Waals surface area contributed by atoms with Gasteiger partial charge in [0.15, 0.2) is 5.78 Å². The van der Waals surface area contributed by atoms with Gasteiger partial charge in [-0.1, -0.05) is 42.5 Å². The standard InChI is InChI=1S/C21H20N4O5S/c1-13-12-14(2)23-20(22-13)24-21(28)25-31(29,30)17-11-7-6-10-16(17)19(27)18(26)15-8-4-3-5-9-15/h3-12,18,26H,1-2H3,(H2,22,23,24,25,28). The maximum absolute atomic E-state index is 12.8. The number of amides is 2. The molecule has 10 heteroatoms. The molecule has 0 bridgehead atoms. The average molecular weight is 440 g/mol. The lowest BCUT2D eigenvalue weighted by Gasteiger charge is -2.14. The number of aliphatic hydroxyl groups is 1. The number of hydrogen-bond donors (Lipinski definition) is 3. The van der Waals surface area contributed by atoms with Gasteiger partial charge >= 0.3 is 6.03 Å². The van der Waals surface area contributed by atoms with E-state index in [0.717, 1.165) is 0 Å². The second-order valence-electron chi connectivity index (χ2n) is 6.71. The molecule has 0 aliphatic carbocycles. The molecule has 0 saturated carbocycles. The van der Waals surface area contributed by atoms with Gasteiger partial charge in [-0.2, -0.15) is 0 Å². The summed E-state index contributed by atoms with van der Waals surface area (Å²) in [5.41, 5.74) is 1.26. The smallest absolute Gasteiger partial charge is 0.335 e. The molecular formula is C21H20N4O5S. The van der Waals surface area contributed by atoms with Crippen LogP contribution in [0, 0.1) is 13.8 Å². The van der Waals surface area contributed by atoms with E-state index in [1.165, 1.54) is 24.3 Å². The van der Waals surface area contributed by atoms with Crippen molar-refractivity contribution in [3.8, 4) is 0 Å². The van der Waals surface area contributed by atoms with Crippen LogP contribution >= 0.6 is 0 Å². The largest absolute Gasteiger partial charge is 0.380 e. The Balaban J connectivity index is 1.85. The number of aromatic nitrogens is 2. The van der Waals surface area contributed by atoms with Crippen LogP contribution < -0.4 is 10.0 Å². The summed E-state index contributed by atoms with van der Waals surface area (Å²) >= 11 is 0. The van der Waals surface area contributed by atoms with Crippen LogP contribution in [0.15, 0.2) is 65.6 Å². The molecule has 0 spiro atoms. The van der Waals surface area contributed by atoms with Crippen molar-refractivity contribution in [1.82, 2.24) is 14.7 Å². The van der Waals surface area contributed by atoms with Crippen LogP contribution in [0.25, 0.3) is 0 Å². The van der Waals surface area contributed by atoms with E-state index < -0.39 is 32.8 Å². The Labute approximate surface area is 179 Å². The fourth-order valence-corrected chi connectivity index (χ4v) is 4.05. The molecule has 1 heterocycles. The van der Waals surface area contributed by atoms with Gasteiger partial charge < -0.3 is 5.11 Å². The monoisotopic (exact) mass is 440 g/mol. The van der Waals surface area contributed by atoms with Crippen molar-refractivity contribution in [2.75, 3.05) is 5.32 Å². The number of hydrogen-bond acceptors (Lipinski definition) is 7. The fraction of sp³-hybridized carbons (Fsp3) is 0.143. The average Bonchev–Trinajstić information content (AvgIpc) is 2.72. The third-order valence-electron chi connectivity index (χ3n) is 4.24. The minimum absolute atomic E-state index is 0.0611. The van der Waals surface area contributed by atoms with E-state index in [4.69, 9.17) is 0 Å². The third-order valence-corrected chi connectivity index (χ3v) is 5.63. The molecule has 3 N–H and O–H groups in total. The van der Waals surface area contributed by atoms with Gasteiger partial charge in [0.05, 0.1) is 4.90 Å². The lowest BCUT2D eigenvalue weighted by atomic mass is 10.00. The molecule has 31 heavy (non-hydrogen) atoms. The number of urea groups is 1. The topological polar surface area (TPSA) is 138 Å². The number of nitrogens with zero attached hydrogens (tertiary/aromatic N) is 2. The Bertz CT molecular complexity index is 1210. The summed E-state index contributed by atoms with van der Waals surface area (Å²) in [7, 11) is -4.44. The summed E-state index contributed by atoms with van der Waals surface area (Å²) in [5, 5.41) is 12.7. The summed E-state index contributed by atoms with van der Waals surface area (Å²) in [6, 6.07) is 14.0. The fourth-order valence-electron chi connectivity index (χ4n) is 2.92. The summed E-state index contributed by atoms with van der Waals surface area (Å²) in [6.45, 7) is 3.41. The van der Waals surface area contributed by atoms with Crippen molar-refractivity contribution in [2.45, 2.75) is 24.8 Å². The quantitative estimate of drug-likeness (QED) is 0.501. The Kier molecular flexibility index (Phi) is 6.42. The molecule has 0 aliphatic heterocycles. The van der Waals surface area contributed by atoms with Gasteiger partial charge in [0, 0.05) is 17.0 Å². The minimum Gasteiger partial charge on any atom is -0.380 e. The van der Waals surface area contributed by atoms with Gasteiger partial charge in [0.1, 0.15) is 6.10 Å². The number of carbonyl (C=O) groups excluding carboxylic acids is 2. The van der Waals surface area contributed by atoms with Crippen LogP contribution in [0.2, 0.25) is 0 Å². The van der Waals surface area contributed by atoms with Crippen molar-refractivity contribution < 1.29 is 23.1 Å². The second kappa shape index (κ2) is 9.02. The molecule has 2 amide bonds. The SMILES string of the molecule is Cc1cc(C)nc(NC(=O)NS(=O)(=O)c2ccccc2C(=O)C(O)c2ccccc2)n1. The van der Waals surface area contributed by atoms with E-state index >= 15 is 0 Å². The molecule has 1 atom stereocenters. The van der Waals surface area contributed by atoms with Gasteiger partial charge in [-0.05, 0) is 37.6 Å². The molecule has 0 fully saturated rings. The summed E-state index contributed by atoms with van der Waals surface area (Å²) in [5.74, 6) is -0.876. The maximum Gasteiger partial charge on any atom is 0.335 e. The molecule has 9 nitrogen and oxygen atoms in total. The number of sulfonamides is 1. The van der Waals surface area contributed by atoms with Crippen molar-refractivity contribution in [2.24, 2.45) is 0 Å². The molecule has 160 valence electrons. The molecule has 0 radical (unpaired) electrons. The lowest BCUT2D eigenvalue weighted by Crippen LogP contribution is -2.35. The zero-order valence-corrected chi connectivity index (χ0v) is 17.6. The van der Waals surface area contributed by atoms with Crippen LogP contribution in [0.3, 0.4) is 0 Å². The molecule has 3 aromatic rings. The molecule has 1 unspecified atom stereocenters. The molecule has 0 saturated heterocycles. The van der Waals surface area contributed by atoms with Crippen molar-refractivity contribution in [3.63, 3.8) is 0 Å². The van der Waals surface area contributed by atoms with Gasteiger partial charge in [-0.3, -0.25) is 10.1 Å². The number of rotatable bonds is 6. The molecule has 2 aromatic carbocycles. The zero-order valence-electron chi connectivity index (χ0n) is 16.7. The summed E-state index contributed by atoms with van der Waals surface area (Å²) in [6.07, 6.45) is -1.56. The van der Waals surface area contributed by atoms with E-state index in [-0.39, 0.29) is 11.5 Å². The number of aryl methyl sites for hydroxylation is 2. The highest BCUT2D eigenvalue weighted by Gasteiger charge is 2.28. The van der Waals surface area contributed by atoms with E-state index in [1.54, 1.807) is 50.2 Å². The number of benzene rings is 2. The Morgan fingerprint density at radius 1 is 0.935 bits per heavy atom. The van der Waals surface area contributed by atoms with E-state index in [0.29, 0.717) is 17.0 Å². The highest BCUT2D eigenvalue weighted by atomic mass is 32.2. The Morgan fingerprint density at radius 3 is 2.16 bits per heavy atom. The van der Waals surface area contributed by atoms with Crippen LogP contribution in [-0.2, 0) is 10.0 Å². The van der Waals surface area contributed by atoms with Crippen molar-refractivity contribution >= 4 is 27.8 Å². The van der Waals surface area contributed by atoms with Gasteiger partial charge in [0.2, 0.25) is 5.95 Å². The van der Waals surface area contributed by atoms with Crippen molar-refractivity contribution in [3.05, 3.63) is 83.2 Å². The number of aliphatic hydroxyl groups excluding tert-OH is 1. The van der Waals surface area contributed by atoms with Crippen LogP contribution in [0.1, 0.15) is 33.4 Å². The first-order valence-corrected chi connectivity index (χ1v) is 10.7. The van der Waals surface area contributed by atoms with E-state index in [1.807, 2.05) is 4.72 Å². The summed E-state index contributed by atoms with van der Waals surface area (Å²) < 4.78 is 27.5. The Morgan fingerprint density at radius 2 is 1.52 bits per heavy atom. The molecule has 0 aliphatic rings. The first kappa shape index (κ1) is 22.1. The number of Topliss-reactive ketones (excluding diaryl/α,β-unsaturated/α-hetero) is 1. The Hall–Kier alpha value is -3.63. The lowest BCUT2D eigenvalue weighted by molar-refractivity contribution is 0.0744. The third kappa shape index (κ3) is 5.30. The van der Waals surface area contributed by atoms with Gasteiger partial charge in [0.25, 0.3) is 10.0 Å². The predicted molar refractivity (Wildman–Crippen MR) is 113 cm³/mol. The van der Waals surface area contributed by atoms with E-state index in [2.05, 4.69) is 15.3 Å². The number of anilines is 1. The maximum atomic E-state index is 12.8. The van der Waals surface area contributed by atoms with Crippen LogP contribution in [-0.4, -0.2) is 35.3 Å². The molecule has 3 rings (SSSR count). The first-order chi connectivity index (χ1) is 14.7.